The maximum absolute atomic E-state index is 12.7. The van der Waals surface area contributed by atoms with Gasteiger partial charge in [0.25, 0.3) is 5.91 Å². The average molecular weight is 355 g/mol. The molecule has 1 fully saturated rings. The van der Waals surface area contributed by atoms with Gasteiger partial charge in [0.1, 0.15) is 11.6 Å². The number of carbonyl (C=O) groups is 1. The van der Waals surface area contributed by atoms with Crippen molar-refractivity contribution in [1.29, 1.82) is 0 Å². The smallest absolute Gasteiger partial charge is 0.266 e. The summed E-state index contributed by atoms with van der Waals surface area (Å²) in [5.74, 6) is 2.51. The number of amides is 1. The molecule has 0 aliphatic heterocycles. The maximum atomic E-state index is 12.7. The van der Waals surface area contributed by atoms with Crippen LogP contribution in [0.3, 0.4) is 0 Å². The number of aryl methyl sites for hydroxylation is 2. The van der Waals surface area contributed by atoms with Gasteiger partial charge in [0.2, 0.25) is 0 Å². The first-order valence-corrected chi connectivity index (χ1v) is 9.45. The fraction of sp³-hybridized carbons (Fsp3) is 0.524. The third kappa shape index (κ3) is 4.26. The van der Waals surface area contributed by atoms with Crippen molar-refractivity contribution in [2.24, 2.45) is 5.92 Å². The van der Waals surface area contributed by atoms with Gasteiger partial charge in [-0.05, 0) is 62.6 Å². The lowest BCUT2D eigenvalue weighted by Gasteiger charge is -2.18. The van der Waals surface area contributed by atoms with Crippen molar-refractivity contribution in [3.05, 3.63) is 41.1 Å². The second-order valence-electron chi connectivity index (χ2n) is 7.73. The first kappa shape index (κ1) is 18.5. The largest absolute Gasteiger partial charge is 0.481 e. The number of hydrogen-bond donors (Lipinski definition) is 1. The Hall–Kier alpha value is -2.30. The van der Waals surface area contributed by atoms with Gasteiger partial charge in [-0.3, -0.25) is 4.79 Å². The Morgan fingerprint density at radius 3 is 2.65 bits per heavy atom. The van der Waals surface area contributed by atoms with Crippen molar-refractivity contribution >= 4 is 11.7 Å². The predicted molar refractivity (Wildman–Crippen MR) is 104 cm³/mol. The maximum Gasteiger partial charge on any atom is 0.266 e. The fourth-order valence-electron chi connectivity index (χ4n) is 2.89. The Morgan fingerprint density at radius 2 is 2.00 bits per heavy atom. The minimum atomic E-state index is -0.584. The van der Waals surface area contributed by atoms with E-state index >= 15 is 0 Å². The lowest BCUT2D eigenvalue weighted by molar-refractivity contribution is -0.122. The van der Waals surface area contributed by atoms with Crippen LogP contribution in [0.4, 0.5) is 5.82 Å². The summed E-state index contributed by atoms with van der Waals surface area (Å²) in [7, 11) is 0. The SMILES string of the molecule is Cc1ccc(C(C)C)cc1OC(C)C(=O)Nc1c(C)cnn1CC1CC1. The highest BCUT2D eigenvalue weighted by Crippen LogP contribution is 2.32. The first-order valence-electron chi connectivity index (χ1n) is 9.45. The van der Waals surface area contributed by atoms with Crippen molar-refractivity contribution in [3.63, 3.8) is 0 Å². The summed E-state index contributed by atoms with van der Waals surface area (Å²) >= 11 is 0. The number of hydrogen-bond acceptors (Lipinski definition) is 3. The molecule has 1 aliphatic rings. The molecule has 140 valence electrons. The summed E-state index contributed by atoms with van der Waals surface area (Å²) in [6.07, 6.45) is 3.72. The molecule has 1 aliphatic carbocycles. The molecular formula is C21H29N3O2. The lowest BCUT2D eigenvalue weighted by Crippen LogP contribution is -2.31. The molecule has 0 bridgehead atoms. The minimum absolute atomic E-state index is 0.153. The van der Waals surface area contributed by atoms with Crippen LogP contribution in [0.2, 0.25) is 0 Å². The van der Waals surface area contributed by atoms with Gasteiger partial charge >= 0.3 is 0 Å². The molecule has 1 N–H and O–H groups in total. The molecule has 5 nitrogen and oxygen atoms in total. The number of aromatic nitrogens is 2. The third-order valence-electron chi connectivity index (χ3n) is 4.94. The van der Waals surface area contributed by atoms with Gasteiger partial charge in [0, 0.05) is 12.1 Å². The quantitative estimate of drug-likeness (QED) is 0.799. The van der Waals surface area contributed by atoms with E-state index in [2.05, 4.69) is 30.3 Å². The Kier molecular flexibility index (Phi) is 5.35. The Bertz CT molecular complexity index is 791. The second-order valence-corrected chi connectivity index (χ2v) is 7.73. The molecule has 0 saturated heterocycles. The fourth-order valence-corrected chi connectivity index (χ4v) is 2.89. The highest BCUT2D eigenvalue weighted by atomic mass is 16.5. The van der Waals surface area contributed by atoms with Crippen LogP contribution in [0, 0.1) is 19.8 Å². The molecule has 3 rings (SSSR count). The van der Waals surface area contributed by atoms with Gasteiger partial charge in [-0.1, -0.05) is 26.0 Å². The molecular weight excluding hydrogens is 326 g/mol. The molecule has 26 heavy (non-hydrogen) atoms. The molecule has 0 spiro atoms. The van der Waals surface area contributed by atoms with E-state index in [0.717, 1.165) is 29.2 Å². The summed E-state index contributed by atoms with van der Waals surface area (Å²) in [5.41, 5.74) is 3.21. The number of carbonyl (C=O) groups excluding carboxylic acids is 1. The van der Waals surface area contributed by atoms with Crippen molar-refractivity contribution < 1.29 is 9.53 Å². The van der Waals surface area contributed by atoms with Gasteiger partial charge in [-0.2, -0.15) is 5.10 Å². The standard InChI is InChI=1S/C21H29N3O2/c1-13(2)18-9-6-14(3)19(10-18)26-16(5)21(25)23-20-15(4)11-22-24(20)12-17-7-8-17/h6,9-11,13,16-17H,7-8,12H2,1-5H3,(H,23,25). The van der Waals surface area contributed by atoms with Crippen molar-refractivity contribution in [2.45, 2.75) is 66.0 Å². The predicted octanol–water partition coefficient (Wildman–Crippen LogP) is 4.44. The molecule has 0 radical (unpaired) electrons. The van der Waals surface area contributed by atoms with Gasteiger partial charge in [-0.15, -0.1) is 0 Å². The van der Waals surface area contributed by atoms with Crippen LogP contribution in [0.5, 0.6) is 5.75 Å². The number of nitrogens with one attached hydrogen (secondary N) is 1. The molecule has 1 heterocycles. The van der Waals surface area contributed by atoms with Crippen molar-refractivity contribution in [3.8, 4) is 5.75 Å². The number of ether oxygens (including phenoxy) is 1. The van der Waals surface area contributed by atoms with Crippen LogP contribution >= 0.6 is 0 Å². The zero-order valence-corrected chi connectivity index (χ0v) is 16.4. The average Bonchev–Trinajstić information content (AvgIpc) is 3.35. The van der Waals surface area contributed by atoms with Gasteiger partial charge in [-0.25, -0.2) is 4.68 Å². The van der Waals surface area contributed by atoms with Gasteiger partial charge in [0.05, 0.1) is 6.20 Å². The van der Waals surface area contributed by atoms with Crippen LogP contribution in [0.15, 0.2) is 24.4 Å². The van der Waals surface area contributed by atoms with Crippen molar-refractivity contribution in [1.82, 2.24) is 9.78 Å². The summed E-state index contributed by atoms with van der Waals surface area (Å²) in [5, 5.41) is 7.40. The summed E-state index contributed by atoms with van der Waals surface area (Å²) < 4.78 is 7.88. The van der Waals surface area contributed by atoms with E-state index in [1.54, 1.807) is 13.1 Å². The van der Waals surface area contributed by atoms with E-state index in [9.17, 15) is 4.79 Å². The van der Waals surface area contributed by atoms with Crippen LogP contribution in [0.25, 0.3) is 0 Å². The van der Waals surface area contributed by atoms with Crippen LogP contribution in [-0.4, -0.2) is 21.8 Å². The van der Waals surface area contributed by atoms with Crippen molar-refractivity contribution in [2.75, 3.05) is 5.32 Å². The number of anilines is 1. The second kappa shape index (κ2) is 7.52. The molecule has 1 amide bonds. The van der Waals surface area contributed by atoms with E-state index in [1.165, 1.54) is 18.4 Å². The normalized spacial score (nSPS) is 15.2. The van der Waals surface area contributed by atoms with Crippen LogP contribution in [-0.2, 0) is 11.3 Å². The minimum Gasteiger partial charge on any atom is -0.481 e. The van der Waals surface area contributed by atoms with Crippen LogP contribution < -0.4 is 10.1 Å². The van der Waals surface area contributed by atoms with E-state index in [1.807, 2.05) is 30.7 Å². The molecule has 1 atom stereocenters. The summed E-state index contributed by atoms with van der Waals surface area (Å²) in [6.45, 7) is 10.9. The number of nitrogens with zero attached hydrogens (tertiary/aromatic N) is 2. The monoisotopic (exact) mass is 355 g/mol. The van der Waals surface area contributed by atoms with E-state index < -0.39 is 6.10 Å². The van der Waals surface area contributed by atoms with Gasteiger partial charge in [0.15, 0.2) is 6.10 Å². The molecule has 1 unspecified atom stereocenters. The highest BCUT2D eigenvalue weighted by molar-refractivity contribution is 5.94. The van der Waals surface area contributed by atoms with E-state index in [-0.39, 0.29) is 5.91 Å². The number of rotatable bonds is 7. The van der Waals surface area contributed by atoms with Crippen LogP contribution in [0.1, 0.15) is 56.2 Å². The zero-order chi connectivity index (χ0) is 18.8. The first-order chi connectivity index (χ1) is 12.3. The summed E-state index contributed by atoms with van der Waals surface area (Å²) in [4.78, 5) is 12.7. The van der Waals surface area contributed by atoms with E-state index in [4.69, 9.17) is 4.74 Å². The highest BCUT2D eigenvalue weighted by Gasteiger charge is 2.25. The Morgan fingerprint density at radius 1 is 1.27 bits per heavy atom. The molecule has 5 heteroatoms. The Balaban J connectivity index is 1.69. The Labute approximate surface area is 155 Å². The molecule has 1 aromatic heterocycles. The van der Waals surface area contributed by atoms with Gasteiger partial charge < -0.3 is 10.1 Å². The zero-order valence-electron chi connectivity index (χ0n) is 16.4. The molecule has 1 aromatic carbocycles. The molecule has 1 saturated carbocycles. The van der Waals surface area contributed by atoms with E-state index in [0.29, 0.717) is 11.8 Å². The molecule has 2 aromatic rings. The topological polar surface area (TPSA) is 56.1 Å². The summed E-state index contributed by atoms with van der Waals surface area (Å²) in [6, 6.07) is 6.19. The third-order valence-corrected chi connectivity index (χ3v) is 4.94. The lowest BCUT2D eigenvalue weighted by atomic mass is 10.0. The number of benzene rings is 1.